The first-order valence-electron chi connectivity index (χ1n) is 6.52. The SMILES string of the molecule is Nc1noc2c(N3C[C@@H]4CC[C@H]3[C@@H]4N)ccc(Cl)c12. The Morgan fingerprint density at radius 3 is 2.89 bits per heavy atom. The standard InChI is InChI=1S/C13H15ClN4O/c14-7-2-4-9(12-10(7)13(16)17-19-12)18-5-6-1-3-8(18)11(6)15/h2,4,6,8,11H,1,3,5,15H2,(H2,16,17)/t6-,8-,11+/m0/s1. The number of hydrogen-bond donors (Lipinski definition) is 2. The van der Waals surface area contributed by atoms with Crippen LogP contribution in [0.5, 0.6) is 0 Å². The summed E-state index contributed by atoms with van der Waals surface area (Å²) in [7, 11) is 0. The van der Waals surface area contributed by atoms with Crippen molar-refractivity contribution < 1.29 is 4.52 Å². The number of nitrogen functional groups attached to an aromatic ring is 1. The molecule has 4 N–H and O–H groups in total. The van der Waals surface area contributed by atoms with Gasteiger partial charge >= 0.3 is 0 Å². The zero-order chi connectivity index (χ0) is 13.1. The molecule has 3 atom stereocenters. The minimum atomic E-state index is 0.256. The van der Waals surface area contributed by atoms with E-state index in [0.717, 1.165) is 18.7 Å². The average molecular weight is 279 g/mol. The van der Waals surface area contributed by atoms with E-state index in [-0.39, 0.29) is 6.04 Å². The fourth-order valence-corrected chi connectivity index (χ4v) is 3.82. The normalized spacial score (nSPS) is 29.6. The van der Waals surface area contributed by atoms with Gasteiger partial charge in [0.2, 0.25) is 0 Å². The second-order valence-electron chi connectivity index (χ2n) is 5.47. The maximum Gasteiger partial charge on any atom is 0.193 e. The van der Waals surface area contributed by atoms with Crippen molar-refractivity contribution in [2.24, 2.45) is 11.7 Å². The van der Waals surface area contributed by atoms with E-state index in [0.29, 0.717) is 33.8 Å². The van der Waals surface area contributed by atoms with Crippen LogP contribution in [0.3, 0.4) is 0 Å². The number of hydrogen-bond acceptors (Lipinski definition) is 5. The predicted molar refractivity (Wildman–Crippen MR) is 75.3 cm³/mol. The van der Waals surface area contributed by atoms with E-state index in [1.807, 2.05) is 12.1 Å². The maximum atomic E-state index is 6.25. The minimum absolute atomic E-state index is 0.256. The summed E-state index contributed by atoms with van der Waals surface area (Å²) in [4.78, 5) is 2.32. The number of anilines is 2. The number of fused-ring (bicyclic) bond motifs is 3. The average Bonchev–Trinajstić information content (AvgIpc) is 3.05. The molecule has 19 heavy (non-hydrogen) atoms. The highest BCUT2D eigenvalue weighted by atomic mass is 35.5. The number of piperidine rings is 1. The minimum Gasteiger partial charge on any atom is -0.380 e. The molecule has 0 amide bonds. The van der Waals surface area contributed by atoms with Crippen LogP contribution in [-0.4, -0.2) is 23.8 Å². The maximum absolute atomic E-state index is 6.25. The van der Waals surface area contributed by atoms with E-state index < -0.39 is 0 Å². The first-order valence-corrected chi connectivity index (χ1v) is 6.90. The summed E-state index contributed by atoms with van der Waals surface area (Å²) in [5.74, 6) is 0.923. The molecule has 2 heterocycles. The first-order chi connectivity index (χ1) is 9.16. The van der Waals surface area contributed by atoms with Gasteiger partial charge in [-0.1, -0.05) is 16.8 Å². The fourth-order valence-electron chi connectivity index (χ4n) is 3.57. The van der Waals surface area contributed by atoms with Crippen molar-refractivity contribution in [1.82, 2.24) is 5.16 Å². The van der Waals surface area contributed by atoms with Gasteiger partial charge in [-0.05, 0) is 30.9 Å². The number of nitrogens with zero attached hydrogens (tertiary/aromatic N) is 2. The lowest BCUT2D eigenvalue weighted by Crippen LogP contribution is -2.37. The molecule has 100 valence electrons. The van der Waals surface area contributed by atoms with Crippen molar-refractivity contribution in [1.29, 1.82) is 0 Å². The monoisotopic (exact) mass is 278 g/mol. The Morgan fingerprint density at radius 2 is 2.21 bits per heavy atom. The largest absolute Gasteiger partial charge is 0.380 e. The van der Waals surface area contributed by atoms with Crippen LogP contribution in [0.2, 0.25) is 5.02 Å². The Hall–Kier alpha value is -1.46. The van der Waals surface area contributed by atoms with Crippen molar-refractivity contribution >= 4 is 34.1 Å². The molecule has 1 aliphatic carbocycles. The third kappa shape index (κ3) is 1.42. The lowest BCUT2D eigenvalue weighted by Gasteiger charge is -2.29. The molecule has 2 aromatic rings. The number of rotatable bonds is 1. The van der Waals surface area contributed by atoms with E-state index in [2.05, 4.69) is 10.1 Å². The third-order valence-corrected chi connectivity index (χ3v) is 4.86. The molecule has 0 radical (unpaired) electrons. The Labute approximate surface area is 115 Å². The van der Waals surface area contributed by atoms with E-state index in [1.165, 1.54) is 6.42 Å². The van der Waals surface area contributed by atoms with Gasteiger partial charge in [0.05, 0.1) is 16.1 Å². The van der Waals surface area contributed by atoms with Gasteiger partial charge in [0, 0.05) is 18.6 Å². The molecular weight excluding hydrogens is 264 g/mol. The van der Waals surface area contributed by atoms with Crippen LogP contribution in [0.25, 0.3) is 11.0 Å². The van der Waals surface area contributed by atoms with Gasteiger partial charge < -0.3 is 20.9 Å². The summed E-state index contributed by atoms with van der Waals surface area (Å²) in [6.07, 6.45) is 2.36. The highest BCUT2D eigenvalue weighted by Crippen LogP contribution is 2.43. The topological polar surface area (TPSA) is 81.3 Å². The van der Waals surface area contributed by atoms with Crippen LogP contribution in [-0.2, 0) is 0 Å². The van der Waals surface area contributed by atoms with Gasteiger partial charge in [0.15, 0.2) is 11.4 Å². The number of aromatic nitrogens is 1. The summed E-state index contributed by atoms with van der Waals surface area (Å²) in [6, 6.07) is 4.47. The lowest BCUT2D eigenvalue weighted by molar-refractivity contribution is 0.458. The second kappa shape index (κ2) is 3.77. The molecule has 6 heteroatoms. The van der Waals surface area contributed by atoms with Gasteiger partial charge in [0.1, 0.15) is 0 Å². The molecule has 4 rings (SSSR count). The Balaban J connectivity index is 1.87. The number of benzene rings is 1. The number of halogens is 1. The fraction of sp³-hybridized carbons (Fsp3) is 0.462. The molecule has 1 aromatic heterocycles. The van der Waals surface area contributed by atoms with E-state index in [4.69, 9.17) is 27.6 Å². The zero-order valence-electron chi connectivity index (χ0n) is 10.3. The first kappa shape index (κ1) is 11.4. The van der Waals surface area contributed by atoms with E-state index in [1.54, 1.807) is 0 Å². The highest BCUT2D eigenvalue weighted by Gasteiger charge is 2.45. The summed E-state index contributed by atoms with van der Waals surface area (Å²) in [5.41, 5.74) is 13.7. The van der Waals surface area contributed by atoms with Crippen molar-refractivity contribution in [3.8, 4) is 0 Å². The van der Waals surface area contributed by atoms with Gasteiger partial charge in [-0.2, -0.15) is 0 Å². The molecule has 1 aliphatic heterocycles. The molecule has 1 saturated carbocycles. The number of nitrogens with two attached hydrogens (primary N) is 2. The van der Waals surface area contributed by atoms with Crippen molar-refractivity contribution in [3.63, 3.8) is 0 Å². The third-order valence-electron chi connectivity index (χ3n) is 4.54. The Kier molecular flexibility index (Phi) is 2.26. The Morgan fingerprint density at radius 1 is 1.37 bits per heavy atom. The zero-order valence-corrected chi connectivity index (χ0v) is 11.1. The van der Waals surface area contributed by atoms with Gasteiger partial charge in [-0.3, -0.25) is 0 Å². The molecule has 0 unspecified atom stereocenters. The van der Waals surface area contributed by atoms with Gasteiger partial charge in [-0.25, -0.2) is 0 Å². The molecular formula is C13H15ClN4O. The second-order valence-corrected chi connectivity index (χ2v) is 5.88. The quantitative estimate of drug-likeness (QED) is 0.834. The summed E-state index contributed by atoms with van der Waals surface area (Å²) in [6.45, 7) is 0.975. The molecule has 2 bridgehead atoms. The van der Waals surface area contributed by atoms with E-state index >= 15 is 0 Å². The van der Waals surface area contributed by atoms with Crippen molar-refractivity contribution in [3.05, 3.63) is 17.2 Å². The molecule has 1 saturated heterocycles. The molecule has 0 spiro atoms. The van der Waals surface area contributed by atoms with Crippen molar-refractivity contribution in [2.45, 2.75) is 24.9 Å². The molecule has 5 nitrogen and oxygen atoms in total. The highest BCUT2D eigenvalue weighted by molar-refractivity contribution is 6.36. The van der Waals surface area contributed by atoms with Gasteiger partial charge in [0.25, 0.3) is 0 Å². The molecule has 2 aliphatic rings. The lowest BCUT2D eigenvalue weighted by atomic mass is 10.1. The van der Waals surface area contributed by atoms with Crippen LogP contribution in [0.1, 0.15) is 12.8 Å². The van der Waals surface area contributed by atoms with Crippen LogP contribution >= 0.6 is 11.6 Å². The summed E-state index contributed by atoms with van der Waals surface area (Å²) >= 11 is 6.17. The Bertz CT molecular complexity index is 655. The predicted octanol–water partition coefficient (Wildman–Crippen LogP) is 1.99. The van der Waals surface area contributed by atoms with Gasteiger partial charge in [-0.15, -0.1) is 0 Å². The van der Waals surface area contributed by atoms with Crippen LogP contribution in [0.4, 0.5) is 11.5 Å². The smallest absolute Gasteiger partial charge is 0.193 e. The summed E-state index contributed by atoms with van der Waals surface area (Å²) < 4.78 is 5.37. The molecule has 2 fully saturated rings. The van der Waals surface area contributed by atoms with Crippen LogP contribution in [0, 0.1) is 5.92 Å². The van der Waals surface area contributed by atoms with Crippen molar-refractivity contribution in [2.75, 3.05) is 17.2 Å². The van der Waals surface area contributed by atoms with Crippen LogP contribution in [0.15, 0.2) is 16.7 Å². The van der Waals surface area contributed by atoms with Crippen LogP contribution < -0.4 is 16.4 Å². The molecule has 1 aromatic carbocycles. The summed E-state index contributed by atoms with van der Waals surface area (Å²) in [5, 5.41) is 5.11. The van der Waals surface area contributed by atoms with E-state index in [9.17, 15) is 0 Å².